The Bertz CT molecular complexity index is 1180. The number of hydrogen-bond donors (Lipinski definition) is 1. The van der Waals surface area contributed by atoms with Crippen LogP contribution in [0.25, 0.3) is 0 Å². The minimum Gasteiger partial charge on any atom is -0.462 e. The van der Waals surface area contributed by atoms with Crippen LogP contribution in [0.5, 0.6) is 11.6 Å². The van der Waals surface area contributed by atoms with Gasteiger partial charge in [-0.05, 0) is 37.1 Å². The van der Waals surface area contributed by atoms with Gasteiger partial charge in [-0.15, -0.1) is 0 Å². The number of benzene rings is 1. The summed E-state index contributed by atoms with van der Waals surface area (Å²) in [6.45, 7) is 0.116. The van der Waals surface area contributed by atoms with Gasteiger partial charge in [0, 0.05) is 30.0 Å². The minimum absolute atomic E-state index is 0.0753. The molecule has 2 fully saturated rings. The van der Waals surface area contributed by atoms with Gasteiger partial charge in [0.1, 0.15) is 12.4 Å². The van der Waals surface area contributed by atoms with Crippen LogP contribution in [-0.4, -0.2) is 36.6 Å². The van der Waals surface area contributed by atoms with Crippen molar-refractivity contribution in [3.8, 4) is 23.5 Å². The van der Waals surface area contributed by atoms with Crippen LogP contribution in [0, 0.1) is 17.8 Å². The number of hydrogen-bond acceptors (Lipinski definition) is 6. The molecule has 0 amide bonds. The summed E-state index contributed by atoms with van der Waals surface area (Å²) in [5.41, 5.74) is 7.88. The van der Waals surface area contributed by atoms with Crippen LogP contribution >= 0.6 is 0 Å². The van der Waals surface area contributed by atoms with Gasteiger partial charge >= 0.3 is 0 Å². The van der Waals surface area contributed by atoms with Crippen molar-refractivity contribution in [2.45, 2.75) is 30.7 Å². The Morgan fingerprint density at radius 1 is 1.19 bits per heavy atom. The lowest BCUT2D eigenvalue weighted by molar-refractivity contribution is 0.0257. The van der Waals surface area contributed by atoms with Gasteiger partial charge in [-0.25, -0.2) is 18.8 Å². The molecule has 3 aliphatic heterocycles. The summed E-state index contributed by atoms with van der Waals surface area (Å²) < 4.78 is 39.2. The molecule has 1 aliphatic carbocycles. The Hall–Kier alpha value is -3.34. The van der Waals surface area contributed by atoms with Gasteiger partial charge in [0.15, 0.2) is 5.54 Å². The third-order valence-corrected chi connectivity index (χ3v) is 6.18. The molecule has 4 aliphatic rings. The highest BCUT2D eigenvalue weighted by atomic mass is 19.3. The summed E-state index contributed by atoms with van der Waals surface area (Å²) in [4.78, 5) is 10.7. The van der Waals surface area contributed by atoms with Crippen molar-refractivity contribution < 1.29 is 18.3 Å². The molecule has 6 nitrogen and oxygen atoms in total. The maximum absolute atomic E-state index is 13.8. The fourth-order valence-electron chi connectivity index (χ4n) is 4.34. The standard InChI is InChI=1S/C23H20F2N4O2/c24-22(25)7-8-29(12-22)16-10-18-20(27-11-16)31-19-6-5-15(4-3-14-1-2-14)9-17(19)23(18)13-30-21(26)28-23/h5-6,9-11,14H,1-2,7-8,12-13H2,(H2,26,28)/t23-/m0/s1. The highest BCUT2D eigenvalue weighted by Crippen LogP contribution is 2.51. The summed E-state index contributed by atoms with van der Waals surface area (Å²) in [6.07, 6.45) is 3.69. The van der Waals surface area contributed by atoms with Gasteiger partial charge in [-0.1, -0.05) is 11.8 Å². The van der Waals surface area contributed by atoms with Crippen LogP contribution in [-0.2, 0) is 10.3 Å². The van der Waals surface area contributed by atoms with Crippen LogP contribution in [0.15, 0.2) is 35.5 Å². The zero-order valence-electron chi connectivity index (χ0n) is 16.7. The largest absolute Gasteiger partial charge is 0.462 e. The predicted octanol–water partition coefficient (Wildman–Crippen LogP) is 3.38. The number of rotatable bonds is 1. The molecule has 2 N–H and O–H groups in total. The SMILES string of the molecule is NC1=N[C@@]2(CO1)c1cc(C#CC3CC3)ccc1Oc1ncc(N3CCC(F)(F)C3)cc12. The Morgan fingerprint density at radius 2 is 2.06 bits per heavy atom. The molecule has 6 rings (SSSR count). The number of aliphatic imine (C=N–C) groups is 1. The maximum Gasteiger partial charge on any atom is 0.283 e. The number of halogens is 2. The number of nitrogens with zero attached hydrogens (tertiary/aromatic N) is 3. The van der Waals surface area contributed by atoms with E-state index >= 15 is 0 Å². The Balaban J connectivity index is 1.46. The van der Waals surface area contributed by atoms with Crippen LogP contribution in [0.4, 0.5) is 14.5 Å². The molecule has 1 saturated carbocycles. The first-order valence-corrected chi connectivity index (χ1v) is 10.4. The molecule has 1 aromatic heterocycles. The maximum atomic E-state index is 13.8. The fourth-order valence-corrected chi connectivity index (χ4v) is 4.34. The summed E-state index contributed by atoms with van der Waals surface area (Å²) >= 11 is 0. The first kappa shape index (κ1) is 18.4. The number of aromatic nitrogens is 1. The average molecular weight is 422 g/mol. The predicted molar refractivity (Wildman–Crippen MR) is 110 cm³/mol. The van der Waals surface area contributed by atoms with Gasteiger partial charge in [0.2, 0.25) is 5.88 Å². The highest BCUT2D eigenvalue weighted by Gasteiger charge is 2.48. The second-order valence-electron chi connectivity index (χ2n) is 8.53. The molecule has 31 heavy (non-hydrogen) atoms. The number of pyridine rings is 1. The van der Waals surface area contributed by atoms with Crippen LogP contribution in [0.3, 0.4) is 0 Å². The number of nitrogens with two attached hydrogens (primary N) is 1. The smallest absolute Gasteiger partial charge is 0.283 e. The summed E-state index contributed by atoms with van der Waals surface area (Å²) in [5.74, 6) is 5.26. The molecule has 0 radical (unpaired) electrons. The third kappa shape index (κ3) is 3.07. The van der Waals surface area contributed by atoms with Gasteiger partial charge in [-0.3, -0.25) is 0 Å². The van der Waals surface area contributed by atoms with Crippen LogP contribution in [0.2, 0.25) is 0 Å². The van der Waals surface area contributed by atoms with Crippen molar-refractivity contribution in [1.29, 1.82) is 0 Å². The Labute approximate surface area is 178 Å². The van der Waals surface area contributed by atoms with Crippen molar-refractivity contribution in [2.24, 2.45) is 16.6 Å². The van der Waals surface area contributed by atoms with E-state index < -0.39 is 11.5 Å². The molecule has 158 valence electrons. The van der Waals surface area contributed by atoms with E-state index in [2.05, 4.69) is 21.8 Å². The molecule has 0 unspecified atom stereocenters. The van der Waals surface area contributed by atoms with Crippen molar-refractivity contribution in [3.05, 3.63) is 47.2 Å². The summed E-state index contributed by atoms with van der Waals surface area (Å²) in [5, 5.41) is 0. The molecule has 1 aromatic carbocycles. The van der Waals surface area contributed by atoms with Gasteiger partial charge in [0.05, 0.1) is 24.0 Å². The Morgan fingerprint density at radius 3 is 2.77 bits per heavy atom. The van der Waals surface area contributed by atoms with E-state index in [9.17, 15) is 8.78 Å². The molecule has 2 aromatic rings. The van der Waals surface area contributed by atoms with E-state index in [1.165, 1.54) is 0 Å². The molecular weight excluding hydrogens is 402 g/mol. The van der Waals surface area contributed by atoms with E-state index in [-0.39, 0.29) is 32.1 Å². The zero-order chi connectivity index (χ0) is 21.2. The third-order valence-electron chi connectivity index (χ3n) is 6.18. The number of fused-ring (bicyclic) bond motifs is 4. The molecule has 1 atom stereocenters. The van der Waals surface area contributed by atoms with Crippen molar-refractivity contribution >= 4 is 11.7 Å². The van der Waals surface area contributed by atoms with Crippen LogP contribution in [0.1, 0.15) is 36.0 Å². The lowest BCUT2D eigenvalue weighted by Crippen LogP contribution is -2.32. The first-order chi connectivity index (χ1) is 14.9. The highest BCUT2D eigenvalue weighted by molar-refractivity contribution is 5.77. The number of alkyl halides is 2. The quantitative estimate of drug-likeness (QED) is 0.714. The van der Waals surface area contributed by atoms with Gasteiger partial charge in [0.25, 0.3) is 11.9 Å². The van der Waals surface area contributed by atoms with E-state index in [0.717, 1.165) is 24.0 Å². The number of amidine groups is 1. The van der Waals surface area contributed by atoms with E-state index in [1.807, 2.05) is 24.3 Å². The lowest BCUT2D eigenvalue weighted by Gasteiger charge is -2.33. The normalized spacial score (nSPS) is 25.1. The number of ether oxygens (including phenoxy) is 2. The first-order valence-electron chi connectivity index (χ1n) is 10.4. The molecule has 1 saturated heterocycles. The minimum atomic E-state index is -2.70. The fraction of sp³-hybridized carbons (Fsp3) is 0.391. The van der Waals surface area contributed by atoms with Crippen molar-refractivity contribution in [3.63, 3.8) is 0 Å². The molecular formula is C23H20F2N4O2. The zero-order valence-corrected chi connectivity index (χ0v) is 16.7. The van der Waals surface area contributed by atoms with Crippen LogP contribution < -0.4 is 15.4 Å². The molecule has 4 heterocycles. The average Bonchev–Trinajstić information content (AvgIpc) is 3.40. The number of anilines is 1. The lowest BCUT2D eigenvalue weighted by atomic mass is 9.81. The van der Waals surface area contributed by atoms with Crippen molar-refractivity contribution in [1.82, 2.24) is 4.98 Å². The van der Waals surface area contributed by atoms with E-state index in [0.29, 0.717) is 28.8 Å². The van der Waals surface area contributed by atoms with E-state index in [4.69, 9.17) is 15.2 Å². The molecule has 1 spiro atoms. The molecule has 8 heteroatoms. The van der Waals surface area contributed by atoms with E-state index in [1.54, 1.807) is 11.1 Å². The summed E-state index contributed by atoms with van der Waals surface area (Å²) in [7, 11) is 0. The summed E-state index contributed by atoms with van der Waals surface area (Å²) in [6, 6.07) is 7.62. The second-order valence-corrected chi connectivity index (χ2v) is 8.53. The topological polar surface area (TPSA) is 73.0 Å². The van der Waals surface area contributed by atoms with Crippen molar-refractivity contribution in [2.75, 3.05) is 24.6 Å². The van der Waals surface area contributed by atoms with Gasteiger partial charge < -0.3 is 20.1 Å². The second kappa shape index (κ2) is 6.33. The monoisotopic (exact) mass is 422 g/mol. The molecule has 0 bridgehead atoms. The van der Waals surface area contributed by atoms with Gasteiger partial charge in [-0.2, -0.15) is 0 Å². The Kier molecular flexibility index (Phi) is 3.76.